The predicted octanol–water partition coefficient (Wildman–Crippen LogP) is 2.09. The fourth-order valence-corrected chi connectivity index (χ4v) is 1.27. The second-order valence-corrected chi connectivity index (χ2v) is 3.07. The number of hydrogen-bond acceptors (Lipinski definition) is 3. The van der Waals surface area contributed by atoms with Gasteiger partial charge in [0, 0.05) is 23.1 Å². The van der Waals surface area contributed by atoms with Gasteiger partial charge in [-0.25, -0.2) is 0 Å². The Kier molecular flexibility index (Phi) is 3.05. The monoisotopic (exact) mass is 200 g/mol. The van der Waals surface area contributed by atoms with E-state index in [9.17, 15) is 10.1 Å². The van der Waals surface area contributed by atoms with Gasteiger partial charge in [-0.2, -0.15) is 5.26 Å². The first-order valence-corrected chi connectivity index (χ1v) is 4.22. The third-order valence-electron chi connectivity index (χ3n) is 1.99. The number of nitriles is 1. The van der Waals surface area contributed by atoms with Gasteiger partial charge in [-0.1, -0.05) is 5.92 Å². The summed E-state index contributed by atoms with van der Waals surface area (Å²) in [6.07, 6.45) is 0. The molecule has 74 valence electrons. The highest BCUT2D eigenvalue weighted by Crippen LogP contribution is 2.21. The maximum atomic E-state index is 10.7. The summed E-state index contributed by atoms with van der Waals surface area (Å²) in [6, 6.07) is 4.77. The number of rotatable bonds is 1. The van der Waals surface area contributed by atoms with Gasteiger partial charge in [0.25, 0.3) is 5.69 Å². The molecule has 4 heteroatoms. The molecule has 0 saturated heterocycles. The first kappa shape index (κ1) is 10.7. The van der Waals surface area contributed by atoms with Gasteiger partial charge in [-0.3, -0.25) is 10.1 Å². The van der Waals surface area contributed by atoms with Crippen molar-refractivity contribution in [3.63, 3.8) is 0 Å². The summed E-state index contributed by atoms with van der Waals surface area (Å²) in [4.78, 5) is 10.2. The van der Waals surface area contributed by atoms with E-state index in [2.05, 4.69) is 11.8 Å². The van der Waals surface area contributed by atoms with Crippen molar-refractivity contribution in [3.8, 4) is 17.9 Å². The predicted molar refractivity (Wildman–Crippen MR) is 55.1 cm³/mol. The molecule has 0 saturated carbocycles. The van der Waals surface area contributed by atoms with Gasteiger partial charge in [0.15, 0.2) is 6.07 Å². The molecule has 0 aliphatic heterocycles. The normalized spacial score (nSPS) is 8.60. The van der Waals surface area contributed by atoms with Crippen LogP contribution in [0, 0.1) is 47.1 Å². The molecule has 0 heterocycles. The molecule has 0 amide bonds. The van der Waals surface area contributed by atoms with Crippen molar-refractivity contribution < 1.29 is 4.92 Å². The van der Waals surface area contributed by atoms with E-state index in [0.29, 0.717) is 11.1 Å². The maximum Gasteiger partial charge on any atom is 0.273 e. The highest BCUT2D eigenvalue weighted by atomic mass is 16.6. The molecule has 0 aliphatic carbocycles. The van der Waals surface area contributed by atoms with Crippen LogP contribution in [0.2, 0.25) is 0 Å². The average molecular weight is 200 g/mol. The van der Waals surface area contributed by atoms with E-state index in [1.807, 2.05) is 0 Å². The molecule has 0 N–H and O–H groups in total. The lowest BCUT2D eigenvalue weighted by Gasteiger charge is -2.01. The summed E-state index contributed by atoms with van der Waals surface area (Å²) in [7, 11) is 0. The molecule has 0 atom stereocenters. The van der Waals surface area contributed by atoms with E-state index in [1.165, 1.54) is 6.07 Å². The lowest BCUT2D eigenvalue weighted by atomic mass is 10.0. The molecule has 0 spiro atoms. The van der Waals surface area contributed by atoms with Crippen molar-refractivity contribution >= 4 is 5.69 Å². The molecule has 15 heavy (non-hydrogen) atoms. The summed E-state index contributed by atoms with van der Waals surface area (Å²) in [6.45, 7) is 3.48. The highest BCUT2D eigenvalue weighted by molar-refractivity contribution is 5.53. The number of hydrogen-bond donors (Lipinski definition) is 0. The fraction of sp³-hybridized carbons (Fsp3) is 0.182. The molecule has 0 fully saturated rings. The van der Waals surface area contributed by atoms with Gasteiger partial charge in [0.1, 0.15) is 0 Å². The zero-order valence-corrected chi connectivity index (χ0v) is 8.37. The summed E-state index contributed by atoms with van der Waals surface area (Å²) >= 11 is 0. The van der Waals surface area contributed by atoms with E-state index < -0.39 is 4.92 Å². The van der Waals surface area contributed by atoms with Gasteiger partial charge < -0.3 is 0 Å². The number of nitrogens with zero attached hydrogens (tertiary/aromatic N) is 2. The van der Waals surface area contributed by atoms with Crippen LogP contribution in [0.5, 0.6) is 0 Å². The van der Waals surface area contributed by atoms with Crippen molar-refractivity contribution in [1.82, 2.24) is 0 Å². The molecule has 0 radical (unpaired) electrons. The summed E-state index contributed by atoms with van der Waals surface area (Å²) < 4.78 is 0. The molecule has 0 bridgehead atoms. The Morgan fingerprint density at radius 2 is 2.00 bits per heavy atom. The lowest BCUT2D eigenvalue weighted by molar-refractivity contribution is -0.385. The second kappa shape index (κ2) is 4.26. The zero-order chi connectivity index (χ0) is 11.4. The van der Waals surface area contributed by atoms with Crippen molar-refractivity contribution in [2.75, 3.05) is 0 Å². The van der Waals surface area contributed by atoms with E-state index in [4.69, 9.17) is 5.26 Å². The van der Waals surface area contributed by atoms with Gasteiger partial charge in [0.05, 0.1) is 4.92 Å². The summed E-state index contributed by atoms with van der Waals surface area (Å²) in [5.74, 6) is 4.79. The van der Waals surface area contributed by atoms with Crippen molar-refractivity contribution in [1.29, 1.82) is 5.26 Å². The maximum absolute atomic E-state index is 10.7. The van der Waals surface area contributed by atoms with Crippen LogP contribution in [0.4, 0.5) is 5.69 Å². The topological polar surface area (TPSA) is 66.9 Å². The molecule has 1 aromatic rings. The van der Waals surface area contributed by atoms with E-state index in [1.54, 1.807) is 26.0 Å². The third kappa shape index (κ3) is 2.32. The van der Waals surface area contributed by atoms with E-state index >= 15 is 0 Å². The van der Waals surface area contributed by atoms with Crippen LogP contribution in [-0.4, -0.2) is 4.92 Å². The van der Waals surface area contributed by atoms with Gasteiger partial charge in [0.2, 0.25) is 0 Å². The molecule has 0 aromatic heterocycles. The Labute approximate surface area is 87.3 Å². The van der Waals surface area contributed by atoms with Crippen molar-refractivity contribution in [3.05, 3.63) is 38.9 Å². The Morgan fingerprint density at radius 3 is 2.53 bits per heavy atom. The van der Waals surface area contributed by atoms with Gasteiger partial charge in [-0.05, 0) is 25.5 Å². The van der Waals surface area contributed by atoms with Crippen LogP contribution in [0.3, 0.4) is 0 Å². The lowest BCUT2D eigenvalue weighted by Crippen LogP contribution is -1.94. The average Bonchev–Trinajstić information content (AvgIpc) is 2.16. The molecule has 0 aliphatic rings. The molecule has 1 aromatic carbocycles. The van der Waals surface area contributed by atoms with Crippen LogP contribution in [-0.2, 0) is 0 Å². The minimum Gasteiger partial charge on any atom is -0.258 e. The number of nitro groups is 1. The molecule has 0 unspecified atom stereocenters. The van der Waals surface area contributed by atoms with Crippen molar-refractivity contribution in [2.24, 2.45) is 0 Å². The standard InChI is InChI=1S/C11H8N2O2/c1-8-6-9(2)11(13(14)15)7-10(8)4-3-5-12/h6-7H,1-2H3. The molecular weight excluding hydrogens is 192 g/mol. The van der Waals surface area contributed by atoms with Gasteiger partial charge >= 0.3 is 0 Å². The van der Waals surface area contributed by atoms with E-state index in [0.717, 1.165) is 5.56 Å². The highest BCUT2D eigenvalue weighted by Gasteiger charge is 2.12. The zero-order valence-electron chi connectivity index (χ0n) is 8.37. The Balaban J connectivity index is 3.37. The minimum atomic E-state index is -0.452. The van der Waals surface area contributed by atoms with Crippen LogP contribution in [0.15, 0.2) is 12.1 Å². The van der Waals surface area contributed by atoms with Crippen LogP contribution >= 0.6 is 0 Å². The molecular formula is C11H8N2O2. The number of nitro benzene ring substituents is 1. The van der Waals surface area contributed by atoms with Crippen LogP contribution in [0.1, 0.15) is 16.7 Å². The Bertz CT molecular complexity index is 516. The summed E-state index contributed by atoms with van der Waals surface area (Å²) in [5.41, 5.74) is 1.98. The van der Waals surface area contributed by atoms with Crippen LogP contribution < -0.4 is 0 Å². The third-order valence-corrected chi connectivity index (χ3v) is 1.99. The smallest absolute Gasteiger partial charge is 0.258 e. The van der Waals surface area contributed by atoms with Crippen LogP contribution in [0.25, 0.3) is 0 Å². The number of benzene rings is 1. The largest absolute Gasteiger partial charge is 0.273 e. The first-order chi connectivity index (χ1) is 7.06. The molecule has 4 nitrogen and oxygen atoms in total. The fourth-order valence-electron chi connectivity index (χ4n) is 1.27. The Hall–Kier alpha value is -2.33. The molecule has 1 rings (SSSR count). The van der Waals surface area contributed by atoms with Crippen molar-refractivity contribution in [2.45, 2.75) is 13.8 Å². The van der Waals surface area contributed by atoms with E-state index in [-0.39, 0.29) is 5.69 Å². The minimum absolute atomic E-state index is 0.0304. The quantitative estimate of drug-likeness (QED) is 0.396. The Morgan fingerprint density at radius 1 is 1.33 bits per heavy atom. The second-order valence-electron chi connectivity index (χ2n) is 3.07. The number of aryl methyl sites for hydroxylation is 2. The SMILES string of the molecule is Cc1cc(C)c([N+](=O)[O-])cc1C#CC#N. The van der Waals surface area contributed by atoms with Gasteiger partial charge in [-0.15, -0.1) is 0 Å². The summed E-state index contributed by atoms with van der Waals surface area (Å²) in [5, 5.41) is 18.9. The first-order valence-electron chi connectivity index (χ1n) is 4.22.